The van der Waals surface area contributed by atoms with Crippen LogP contribution in [0, 0.1) is 0 Å². The molecule has 5 heteroatoms. The quantitative estimate of drug-likeness (QED) is 0.763. The van der Waals surface area contributed by atoms with E-state index in [0.29, 0.717) is 12.0 Å². The van der Waals surface area contributed by atoms with E-state index >= 15 is 0 Å². The highest BCUT2D eigenvalue weighted by Crippen LogP contribution is 2.21. The van der Waals surface area contributed by atoms with E-state index in [1.54, 1.807) is 24.5 Å². The number of hydrogen-bond donors (Lipinski definition) is 2. The van der Waals surface area contributed by atoms with Gasteiger partial charge in [0.1, 0.15) is 6.04 Å². The second-order valence-corrected chi connectivity index (χ2v) is 5.81. The van der Waals surface area contributed by atoms with Crippen LogP contribution in [-0.4, -0.2) is 22.8 Å². The Kier molecular flexibility index (Phi) is 3.46. The molecule has 2 heterocycles. The van der Waals surface area contributed by atoms with E-state index in [1.807, 2.05) is 36.4 Å². The standard InChI is InChI=1S/C19H15N3O2/c23-18(14-6-5-12-3-1-2-4-13(12)9-14)22-17-10-15-11-20-8-7-16(15)21-19(17)24/h1-9,11,17H,10H2,(H,21,24)(H,22,23). The summed E-state index contributed by atoms with van der Waals surface area (Å²) in [6.07, 6.45) is 3.78. The van der Waals surface area contributed by atoms with Crippen LogP contribution in [0.4, 0.5) is 5.69 Å². The van der Waals surface area contributed by atoms with Crippen molar-refractivity contribution in [3.8, 4) is 0 Å². The monoisotopic (exact) mass is 317 g/mol. The molecule has 0 saturated carbocycles. The molecule has 1 aliphatic heterocycles. The molecule has 2 amide bonds. The largest absolute Gasteiger partial charge is 0.340 e. The fourth-order valence-corrected chi connectivity index (χ4v) is 2.93. The van der Waals surface area contributed by atoms with Gasteiger partial charge in [0.2, 0.25) is 5.91 Å². The van der Waals surface area contributed by atoms with Crippen molar-refractivity contribution in [3.05, 3.63) is 72.1 Å². The SMILES string of the molecule is O=C(NC1Cc2cnccc2NC1=O)c1ccc2ccccc2c1. The van der Waals surface area contributed by atoms with Gasteiger partial charge in [-0.25, -0.2) is 0 Å². The van der Waals surface area contributed by atoms with Crippen LogP contribution in [0.25, 0.3) is 10.8 Å². The predicted octanol–water partition coefficient (Wildman–Crippen LogP) is 2.53. The molecule has 0 bridgehead atoms. The highest BCUT2D eigenvalue weighted by molar-refractivity contribution is 6.04. The summed E-state index contributed by atoms with van der Waals surface area (Å²) < 4.78 is 0. The zero-order valence-electron chi connectivity index (χ0n) is 12.8. The Bertz CT molecular complexity index is 952. The summed E-state index contributed by atoms with van der Waals surface area (Å²) in [5.41, 5.74) is 2.21. The van der Waals surface area contributed by atoms with Gasteiger partial charge in [-0.1, -0.05) is 30.3 Å². The lowest BCUT2D eigenvalue weighted by Crippen LogP contribution is -2.47. The van der Waals surface area contributed by atoms with E-state index in [-0.39, 0.29) is 11.8 Å². The average Bonchev–Trinajstić information content (AvgIpc) is 2.62. The topological polar surface area (TPSA) is 71.1 Å². The Labute approximate surface area is 138 Å². The fraction of sp³-hybridized carbons (Fsp3) is 0.105. The Morgan fingerprint density at radius 3 is 2.83 bits per heavy atom. The molecule has 1 unspecified atom stereocenters. The maximum Gasteiger partial charge on any atom is 0.251 e. The Hall–Kier alpha value is -3.21. The average molecular weight is 317 g/mol. The van der Waals surface area contributed by atoms with Crippen LogP contribution >= 0.6 is 0 Å². The number of aromatic nitrogens is 1. The molecule has 5 nitrogen and oxygen atoms in total. The number of anilines is 1. The number of benzene rings is 2. The highest BCUT2D eigenvalue weighted by atomic mass is 16.2. The first-order valence-electron chi connectivity index (χ1n) is 7.74. The summed E-state index contributed by atoms with van der Waals surface area (Å²) in [6.45, 7) is 0. The van der Waals surface area contributed by atoms with Crippen LogP contribution in [0.3, 0.4) is 0 Å². The molecule has 0 aliphatic carbocycles. The summed E-state index contributed by atoms with van der Waals surface area (Å²) in [6, 6.07) is 14.5. The molecular formula is C19H15N3O2. The van der Waals surface area contributed by atoms with Gasteiger partial charge in [-0.15, -0.1) is 0 Å². The minimum absolute atomic E-state index is 0.206. The lowest BCUT2D eigenvalue weighted by Gasteiger charge is -2.25. The molecule has 118 valence electrons. The molecule has 4 rings (SSSR count). The van der Waals surface area contributed by atoms with E-state index < -0.39 is 6.04 Å². The van der Waals surface area contributed by atoms with E-state index in [0.717, 1.165) is 22.0 Å². The van der Waals surface area contributed by atoms with Crippen LogP contribution in [0.1, 0.15) is 15.9 Å². The summed E-state index contributed by atoms with van der Waals surface area (Å²) in [5, 5.41) is 7.68. The lowest BCUT2D eigenvalue weighted by molar-refractivity contribution is -0.118. The number of amides is 2. The molecule has 0 radical (unpaired) electrons. The molecule has 0 spiro atoms. The molecule has 1 atom stereocenters. The number of nitrogens with one attached hydrogen (secondary N) is 2. The first-order valence-corrected chi connectivity index (χ1v) is 7.74. The van der Waals surface area contributed by atoms with E-state index in [9.17, 15) is 9.59 Å². The summed E-state index contributed by atoms with van der Waals surface area (Å²) >= 11 is 0. The van der Waals surface area contributed by atoms with E-state index in [1.165, 1.54) is 0 Å². The van der Waals surface area contributed by atoms with Gasteiger partial charge in [0.05, 0.1) is 0 Å². The Morgan fingerprint density at radius 1 is 1.12 bits per heavy atom. The zero-order chi connectivity index (χ0) is 16.5. The lowest BCUT2D eigenvalue weighted by atomic mass is 10.00. The fourth-order valence-electron chi connectivity index (χ4n) is 2.93. The van der Waals surface area contributed by atoms with Crippen molar-refractivity contribution in [1.82, 2.24) is 10.3 Å². The van der Waals surface area contributed by atoms with E-state index in [2.05, 4.69) is 15.6 Å². The van der Waals surface area contributed by atoms with Crippen molar-refractivity contribution in [2.45, 2.75) is 12.5 Å². The number of fused-ring (bicyclic) bond motifs is 2. The van der Waals surface area contributed by atoms with Crippen LogP contribution in [0.2, 0.25) is 0 Å². The number of rotatable bonds is 2. The number of carbonyl (C=O) groups is 2. The Morgan fingerprint density at radius 2 is 1.96 bits per heavy atom. The van der Waals surface area contributed by atoms with Crippen LogP contribution in [0.15, 0.2) is 60.9 Å². The molecule has 2 N–H and O–H groups in total. The van der Waals surface area contributed by atoms with Crippen LogP contribution < -0.4 is 10.6 Å². The van der Waals surface area contributed by atoms with Gasteiger partial charge >= 0.3 is 0 Å². The third-order valence-electron chi connectivity index (χ3n) is 4.22. The molecule has 1 aliphatic rings. The molecule has 2 aromatic carbocycles. The van der Waals surface area contributed by atoms with Crippen molar-refractivity contribution in [2.75, 3.05) is 5.32 Å². The molecule has 1 aromatic heterocycles. The van der Waals surface area contributed by atoms with Crippen molar-refractivity contribution < 1.29 is 9.59 Å². The molecule has 0 fully saturated rings. The molecular weight excluding hydrogens is 302 g/mol. The van der Waals surface area contributed by atoms with Gasteiger partial charge in [0.25, 0.3) is 5.91 Å². The van der Waals surface area contributed by atoms with Gasteiger partial charge in [0.15, 0.2) is 0 Å². The third-order valence-corrected chi connectivity index (χ3v) is 4.22. The molecule has 0 saturated heterocycles. The van der Waals surface area contributed by atoms with Crippen molar-refractivity contribution in [2.24, 2.45) is 0 Å². The Balaban J connectivity index is 1.56. The number of carbonyl (C=O) groups excluding carboxylic acids is 2. The van der Waals surface area contributed by atoms with E-state index in [4.69, 9.17) is 0 Å². The van der Waals surface area contributed by atoms with Gasteiger partial charge in [-0.3, -0.25) is 14.6 Å². The maximum absolute atomic E-state index is 12.5. The zero-order valence-corrected chi connectivity index (χ0v) is 12.8. The van der Waals surface area contributed by atoms with Crippen LogP contribution in [0.5, 0.6) is 0 Å². The third kappa shape index (κ3) is 2.60. The molecule has 3 aromatic rings. The van der Waals surface area contributed by atoms with Crippen molar-refractivity contribution in [3.63, 3.8) is 0 Å². The van der Waals surface area contributed by atoms with Crippen molar-refractivity contribution >= 4 is 28.3 Å². The number of hydrogen-bond acceptors (Lipinski definition) is 3. The second kappa shape index (κ2) is 5.77. The first-order chi connectivity index (χ1) is 11.7. The minimum Gasteiger partial charge on any atom is -0.340 e. The summed E-state index contributed by atoms with van der Waals surface area (Å²) in [5.74, 6) is -0.462. The normalized spacial score (nSPS) is 16.3. The van der Waals surface area contributed by atoms with Gasteiger partial charge in [-0.2, -0.15) is 0 Å². The van der Waals surface area contributed by atoms with Gasteiger partial charge < -0.3 is 10.6 Å². The summed E-state index contributed by atoms with van der Waals surface area (Å²) in [4.78, 5) is 28.8. The number of pyridine rings is 1. The minimum atomic E-state index is -0.597. The second-order valence-electron chi connectivity index (χ2n) is 5.81. The van der Waals surface area contributed by atoms with Gasteiger partial charge in [0, 0.05) is 30.1 Å². The van der Waals surface area contributed by atoms with Gasteiger partial charge in [-0.05, 0) is 34.5 Å². The van der Waals surface area contributed by atoms with Crippen molar-refractivity contribution in [1.29, 1.82) is 0 Å². The summed E-state index contributed by atoms with van der Waals surface area (Å²) in [7, 11) is 0. The predicted molar refractivity (Wildman–Crippen MR) is 91.8 cm³/mol. The highest BCUT2D eigenvalue weighted by Gasteiger charge is 2.27. The molecule has 24 heavy (non-hydrogen) atoms. The first kappa shape index (κ1) is 14.4. The maximum atomic E-state index is 12.5. The smallest absolute Gasteiger partial charge is 0.251 e. The van der Waals surface area contributed by atoms with Crippen LogP contribution in [-0.2, 0) is 11.2 Å². The number of nitrogens with zero attached hydrogens (tertiary/aromatic N) is 1.